The van der Waals surface area contributed by atoms with Gasteiger partial charge in [-0.3, -0.25) is 9.59 Å². The predicted octanol–water partition coefficient (Wildman–Crippen LogP) is 5.64. The zero-order chi connectivity index (χ0) is 21.3. The molecule has 1 aliphatic heterocycles. The highest BCUT2D eigenvalue weighted by molar-refractivity contribution is 6.30. The summed E-state index contributed by atoms with van der Waals surface area (Å²) >= 11 is 12.4. The summed E-state index contributed by atoms with van der Waals surface area (Å²) in [5.41, 5.74) is 2.21. The zero-order valence-corrected chi connectivity index (χ0v) is 18.1. The van der Waals surface area contributed by atoms with Gasteiger partial charge in [0.25, 0.3) is 0 Å². The molecule has 1 saturated carbocycles. The number of carboxylic acids is 1. The first kappa shape index (κ1) is 21.2. The number of nitrogens with one attached hydrogen (secondary N) is 1. The summed E-state index contributed by atoms with van der Waals surface area (Å²) in [6.45, 7) is 0. The van der Waals surface area contributed by atoms with E-state index in [1.54, 1.807) is 0 Å². The van der Waals surface area contributed by atoms with Crippen LogP contribution in [0, 0.1) is 11.8 Å². The molecule has 2 fully saturated rings. The lowest BCUT2D eigenvalue weighted by Crippen LogP contribution is -2.53. The molecule has 4 unspecified atom stereocenters. The van der Waals surface area contributed by atoms with E-state index in [4.69, 9.17) is 23.2 Å². The molecule has 4 rings (SSSR count). The molecule has 2 aromatic rings. The number of benzene rings is 2. The third-order valence-corrected chi connectivity index (χ3v) is 7.14. The second kappa shape index (κ2) is 8.99. The van der Waals surface area contributed by atoms with E-state index in [1.165, 1.54) is 6.42 Å². The van der Waals surface area contributed by atoms with E-state index in [2.05, 4.69) is 17.4 Å². The molecule has 4 nitrogen and oxygen atoms in total. The first-order valence-electron chi connectivity index (χ1n) is 10.5. The minimum Gasteiger partial charge on any atom is -0.481 e. The Kier molecular flexibility index (Phi) is 6.35. The van der Waals surface area contributed by atoms with Crippen LogP contribution in [0.2, 0.25) is 10.0 Å². The molecule has 0 spiro atoms. The first-order valence-corrected chi connectivity index (χ1v) is 11.2. The van der Waals surface area contributed by atoms with Crippen molar-refractivity contribution in [1.29, 1.82) is 0 Å². The highest BCUT2D eigenvalue weighted by atomic mass is 35.5. The Morgan fingerprint density at radius 2 is 1.83 bits per heavy atom. The van der Waals surface area contributed by atoms with Crippen LogP contribution >= 0.6 is 23.2 Å². The molecule has 2 aliphatic rings. The van der Waals surface area contributed by atoms with Gasteiger partial charge in [0.1, 0.15) is 0 Å². The standard InChI is InChI=1S/C24H25Cl2NO3/c25-18-9-7-15(8-10-18)22(14-3-1-4-14)23-20(16-5-2-6-19(26)11-16)12-17(13-21(28)29)24(30)27-23/h2,5-11,14,17,20,22-23H,1,3-4,12-13H2,(H,27,30)(H,28,29). The molecule has 2 N–H and O–H groups in total. The fourth-order valence-electron chi connectivity index (χ4n) is 5.01. The molecule has 0 bridgehead atoms. The van der Waals surface area contributed by atoms with Crippen LogP contribution in [0.3, 0.4) is 0 Å². The number of amides is 1. The van der Waals surface area contributed by atoms with E-state index in [-0.39, 0.29) is 30.2 Å². The summed E-state index contributed by atoms with van der Waals surface area (Å²) in [6, 6.07) is 15.5. The fourth-order valence-corrected chi connectivity index (χ4v) is 5.33. The number of carbonyl (C=O) groups is 2. The Morgan fingerprint density at radius 3 is 2.43 bits per heavy atom. The van der Waals surface area contributed by atoms with E-state index in [0.29, 0.717) is 22.4 Å². The van der Waals surface area contributed by atoms with Crippen molar-refractivity contribution in [2.24, 2.45) is 11.8 Å². The predicted molar refractivity (Wildman–Crippen MR) is 118 cm³/mol. The largest absolute Gasteiger partial charge is 0.481 e. The monoisotopic (exact) mass is 445 g/mol. The Morgan fingerprint density at radius 1 is 1.10 bits per heavy atom. The Bertz CT molecular complexity index is 926. The number of hydrogen-bond donors (Lipinski definition) is 2. The number of carbonyl (C=O) groups excluding carboxylic acids is 1. The zero-order valence-electron chi connectivity index (χ0n) is 16.6. The summed E-state index contributed by atoms with van der Waals surface area (Å²) in [7, 11) is 0. The van der Waals surface area contributed by atoms with Crippen LogP contribution < -0.4 is 5.32 Å². The number of carboxylic acid groups (broad SMARTS) is 1. The lowest BCUT2D eigenvalue weighted by atomic mass is 9.64. The molecule has 1 saturated heterocycles. The topological polar surface area (TPSA) is 66.4 Å². The molecule has 0 aromatic heterocycles. The van der Waals surface area contributed by atoms with Crippen LogP contribution in [0.4, 0.5) is 0 Å². The van der Waals surface area contributed by atoms with Crippen molar-refractivity contribution >= 4 is 35.1 Å². The summed E-state index contributed by atoms with van der Waals surface area (Å²) in [5, 5.41) is 13.8. The quantitative estimate of drug-likeness (QED) is 0.604. The van der Waals surface area contributed by atoms with E-state index >= 15 is 0 Å². The smallest absolute Gasteiger partial charge is 0.304 e. The Balaban J connectivity index is 1.73. The maximum atomic E-state index is 12.9. The van der Waals surface area contributed by atoms with Crippen molar-refractivity contribution in [3.8, 4) is 0 Å². The van der Waals surface area contributed by atoms with Crippen LogP contribution in [0.15, 0.2) is 48.5 Å². The number of hydrogen-bond acceptors (Lipinski definition) is 2. The average Bonchev–Trinajstić information content (AvgIpc) is 2.66. The van der Waals surface area contributed by atoms with Crippen molar-refractivity contribution in [1.82, 2.24) is 5.32 Å². The SMILES string of the molecule is O=C(O)CC1CC(c2cccc(Cl)c2)C(C(c2ccc(Cl)cc2)C2CCC2)NC1=O. The van der Waals surface area contributed by atoms with Gasteiger partial charge in [-0.2, -0.15) is 0 Å². The van der Waals surface area contributed by atoms with Crippen molar-refractivity contribution in [3.05, 3.63) is 69.7 Å². The summed E-state index contributed by atoms with van der Waals surface area (Å²) in [4.78, 5) is 24.2. The second-order valence-corrected chi connectivity index (χ2v) is 9.37. The molecule has 1 amide bonds. The summed E-state index contributed by atoms with van der Waals surface area (Å²) in [6.07, 6.45) is 3.78. The Labute approximate surface area is 186 Å². The van der Waals surface area contributed by atoms with Crippen LogP contribution in [0.5, 0.6) is 0 Å². The molecule has 1 aliphatic carbocycles. The minimum absolute atomic E-state index is 0.00738. The van der Waals surface area contributed by atoms with Crippen LogP contribution in [0.1, 0.15) is 55.1 Å². The summed E-state index contributed by atoms with van der Waals surface area (Å²) < 4.78 is 0. The number of piperidine rings is 1. The van der Waals surface area contributed by atoms with Gasteiger partial charge in [-0.05, 0) is 60.6 Å². The second-order valence-electron chi connectivity index (χ2n) is 8.49. The number of halogens is 2. The van der Waals surface area contributed by atoms with Crippen molar-refractivity contribution in [2.75, 3.05) is 0 Å². The lowest BCUT2D eigenvalue weighted by molar-refractivity contribution is -0.142. The third-order valence-electron chi connectivity index (χ3n) is 6.65. The highest BCUT2D eigenvalue weighted by Crippen LogP contribution is 2.47. The van der Waals surface area contributed by atoms with Gasteiger partial charge in [-0.25, -0.2) is 0 Å². The van der Waals surface area contributed by atoms with Crippen LogP contribution in [-0.2, 0) is 9.59 Å². The molecular weight excluding hydrogens is 421 g/mol. The Hall–Kier alpha value is -2.04. The molecule has 4 atom stereocenters. The molecule has 158 valence electrons. The molecule has 2 aromatic carbocycles. The maximum Gasteiger partial charge on any atom is 0.304 e. The lowest BCUT2D eigenvalue weighted by Gasteiger charge is -2.46. The number of rotatable bonds is 6. The van der Waals surface area contributed by atoms with Gasteiger partial charge in [0, 0.05) is 33.8 Å². The van der Waals surface area contributed by atoms with Crippen molar-refractivity contribution in [3.63, 3.8) is 0 Å². The molecule has 30 heavy (non-hydrogen) atoms. The van der Waals surface area contributed by atoms with E-state index in [1.807, 2.05) is 36.4 Å². The van der Waals surface area contributed by atoms with Crippen molar-refractivity contribution in [2.45, 2.75) is 50.0 Å². The van der Waals surface area contributed by atoms with Gasteiger partial charge < -0.3 is 10.4 Å². The highest BCUT2D eigenvalue weighted by Gasteiger charge is 2.44. The van der Waals surface area contributed by atoms with Gasteiger partial charge in [-0.15, -0.1) is 0 Å². The molecule has 0 radical (unpaired) electrons. The molecular formula is C24H25Cl2NO3. The van der Waals surface area contributed by atoms with Gasteiger partial charge in [-0.1, -0.05) is 53.9 Å². The van der Waals surface area contributed by atoms with Crippen LogP contribution in [-0.4, -0.2) is 23.0 Å². The van der Waals surface area contributed by atoms with Gasteiger partial charge in [0.15, 0.2) is 0 Å². The van der Waals surface area contributed by atoms with E-state index < -0.39 is 11.9 Å². The third kappa shape index (κ3) is 4.50. The number of aliphatic carboxylic acids is 1. The normalized spacial score (nSPS) is 25.3. The van der Waals surface area contributed by atoms with Gasteiger partial charge in [0.05, 0.1) is 6.42 Å². The average molecular weight is 446 g/mol. The maximum absolute atomic E-state index is 12.9. The summed E-state index contributed by atoms with van der Waals surface area (Å²) in [5.74, 6) is -1.04. The molecule has 1 heterocycles. The van der Waals surface area contributed by atoms with E-state index in [9.17, 15) is 14.7 Å². The van der Waals surface area contributed by atoms with E-state index in [0.717, 1.165) is 24.0 Å². The van der Waals surface area contributed by atoms with Gasteiger partial charge >= 0.3 is 5.97 Å². The minimum atomic E-state index is -0.952. The van der Waals surface area contributed by atoms with Gasteiger partial charge in [0.2, 0.25) is 5.91 Å². The van der Waals surface area contributed by atoms with Crippen molar-refractivity contribution < 1.29 is 14.7 Å². The first-order chi connectivity index (χ1) is 14.4. The fraction of sp³-hybridized carbons (Fsp3) is 0.417. The van der Waals surface area contributed by atoms with Crippen LogP contribution in [0.25, 0.3) is 0 Å². The molecule has 6 heteroatoms.